The molecule has 6 heteroatoms. The Morgan fingerprint density at radius 1 is 1.29 bits per heavy atom. The Balaban J connectivity index is 0.00000144. The highest BCUT2D eigenvalue weighted by molar-refractivity contribution is 9.10. The van der Waals surface area contributed by atoms with E-state index >= 15 is 0 Å². The summed E-state index contributed by atoms with van der Waals surface area (Å²) >= 11 is 9.37. The maximum absolute atomic E-state index is 5.92. The van der Waals surface area contributed by atoms with Gasteiger partial charge in [0.2, 0.25) is 0 Å². The van der Waals surface area contributed by atoms with Crippen molar-refractivity contribution in [3.8, 4) is 0 Å². The number of nitrogens with zero attached hydrogens (tertiary/aromatic N) is 1. The third kappa shape index (κ3) is 4.47. The second-order valence-corrected chi connectivity index (χ2v) is 4.95. The highest BCUT2D eigenvalue weighted by Crippen LogP contribution is 2.25. The number of hydrogen-bond donors (Lipinski definition) is 2. The second kappa shape index (κ2) is 7.21. The van der Waals surface area contributed by atoms with E-state index in [-0.39, 0.29) is 12.4 Å². The number of hydrogen-bond acceptors (Lipinski definition) is 3. The van der Waals surface area contributed by atoms with Crippen LogP contribution in [-0.4, -0.2) is 18.8 Å². The predicted molar refractivity (Wildman–Crippen MR) is 79.6 cm³/mol. The van der Waals surface area contributed by atoms with Crippen molar-refractivity contribution in [1.29, 1.82) is 0 Å². The van der Waals surface area contributed by atoms with E-state index in [0.717, 1.165) is 36.1 Å². The predicted octanol–water partition coefficient (Wildman–Crippen LogP) is 3.68. The molecule has 0 spiro atoms. The molecule has 94 valence electrons. The molecule has 0 aliphatic carbocycles. The van der Waals surface area contributed by atoms with E-state index < -0.39 is 0 Å². The average molecular weight is 339 g/mol. The van der Waals surface area contributed by atoms with Crippen LogP contribution in [0.1, 0.15) is 12.8 Å². The summed E-state index contributed by atoms with van der Waals surface area (Å²) in [5.74, 6) is 0. The quantitative estimate of drug-likeness (QED) is 0.807. The number of halogens is 3. The summed E-state index contributed by atoms with van der Waals surface area (Å²) in [7, 11) is 0. The first-order valence-corrected chi connectivity index (χ1v) is 6.40. The standard InChI is InChI=1S/C11H13BrClN3.ClH/c12-10-2-1-8(13)7-11(10)16-15-9-3-5-14-6-4-9;/h1-2,7,14,16H,3-6H2;1H. The van der Waals surface area contributed by atoms with E-state index in [1.54, 1.807) is 0 Å². The van der Waals surface area contributed by atoms with Gasteiger partial charge < -0.3 is 5.32 Å². The third-order valence-electron chi connectivity index (χ3n) is 2.44. The van der Waals surface area contributed by atoms with Crippen molar-refractivity contribution in [1.82, 2.24) is 5.32 Å². The van der Waals surface area contributed by atoms with E-state index in [4.69, 9.17) is 11.6 Å². The first kappa shape index (κ1) is 14.8. The van der Waals surface area contributed by atoms with Gasteiger partial charge in [-0.15, -0.1) is 12.4 Å². The fourth-order valence-corrected chi connectivity index (χ4v) is 2.06. The Hall–Kier alpha value is -0.290. The maximum Gasteiger partial charge on any atom is 0.0718 e. The summed E-state index contributed by atoms with van der Waals surface area (Å²) in [6.07, 6.45) is 2.01. The molecule has 0 unspecified atom stereocenters. The number of rotatable bonds is 2. The minimum Gasteiger partial charge on any atom is -0.316 e. The second-order valence-electron chi connectivity index (χ2n) is 3.66. The molecule has 0 saturated carbocycles. The summed E-state index contributed by atoms with van der Waals surface area (Å²) in [4.78, 5) is 0. The number of hydrazone groups is 1. The van der Waals surface area contributed by atoms with Gasteiger partial charge in [-0.05, 0) is 34.1 Å². The van der Waals surface area contributed by atoms with Crippen LogP contribution in [0.2, 0.25) is 5.02 Å². The number of anilines is 1. The van der Waals surface area contributed by atoms with Crippen LogP contribution in [0.25, 0.3) is 0 Å². The molecular formula is C11H14BrCl2N3. The van der Waals surface area contributed by atoms with E-state index in [1.807, 2.05) is 18.2 Å². The van der Waals surface area contributed by atoms with Crippen molar-refractivity contribution < 1.29 is 0 Å². The highest BCUT2D eigenvalue weighted by Gasteiger charge is 2.06. The molecule has 1 saturated heterocycles. The normalized spacial score (nSPS) is 15.1. The zero-order chi connectivity index (χ0) is 11.4. The van der Waals surface area contributed by atoms with E-state index in [2.05, 4.69) is 31.8 Å². The lowest BCUT2D eigenvalue weighted by Crippen LogP contribution is -2.28. The van der Waals surface area contributed by atoms with E-state index in [0.29, 0.717) is 5.02 Å². The Kier molecular flexibility index (Phi) is 6.27. The van der Waals surface area contributed by atoms with Gasteiger partial charge in [0.1, 0.15) is 0 Å². The minimum absolute atomic E-state index is 0. The topological polar surface area (TPSA) is 36.4 Å². The molecule has 1 aromatic rings. The smallest absolute Gasteiger partial charge is 0.0718 e. The van der Waals surface area contributed by atoms with Crippen molar-refractivity contribution in [2.45, 2.75) is 12.8 Å². The Morgan fingerprint density at radius 3 is 2.71 bits per heavy atom. The van der Waals surface area contributed by atoms with Crippen LogP contribution < -0.4 is 10.7 Å². The van der Waals surface area contributed by atoms with Crippen molar-refractivity contribution in [3.63, 3.8) is 0 Å². The highest BCUT2D eigenvalue weighted by atomic mass is 79.9. The molecule has 0 amide bonds. The van der Waals surface area contributed by atoms with Crippen molar-refractivity contribution in [3.05, 3.63) is 27.7 Å². The van der Waals surface area contributed by atoms with Gasteiger partial charge in [0.05, 0.1) is 5.69 Å². The summed E-state index contributed by atoms with van der Waals surface area (Å²) < 4.78 is 0.968. The zero-order valence-corrected chi connectivity index (χ0v) is 12.3. The molecule has 1 heterocycles. The van der Waals surface area contributed by atoms with Gasteiger partial charge in [-0.3, -0.25) is 5.43 Å². The molecule has 1 aromatic carbocycles. The molecule has 2 rings (SSSR count). The van der Waals surface area contributed by atoms with Gasteiger partial charge >= 0.3 is 0 Å². The number of piperidine rings is 1. The van der Waals surface area contributed by atoms with Crippen LogP contribution in [0, 0.1) is 0 Å². The summed E-state index contributed by atoms with van der Waals surface area (Å²) in [5, 5.41) is 8.39. The molecule has 17 heavy (non-hydrogen) atoms. The SMILES string of the molecule is Cl.Clc1ccc(Br)c(NN=C2CCNCC2)c1. The van der Waals surface area contributed by atoms with Gasteiger partial charge in [-0.2, -0.15) is 5.10 Å². The first-order valence-electron chi connectivity index (χ1n) is 5.23. The van der Waals surface area contributed by atoms with Crippen LogP contribution in [0.5, 0.6) is 0 Å². The average Bonchev–Trinajstić information content (AvgIpc) is 2.32. The minimum atomic E-state index is 0. The number of nitrogens with one attached hydrogen (secondary N) is 2. The van der Waals surface area contributed by atoms with Crippen LogP contribution in [0.3, 0.4) is 0 Å². The fraction of sp³-hybridized carbons (Fsp3) is 0.364. The van der Waals surface area contributed by atoms with Crippen molar-refractivity contribution in [2.75, 3.05) is 18.5 Å². The summed E-state index contributed by atoms with van der Waals surface area (Å²) in [6.45, 7) is 2.02. The molecular weight excluding hydrogens is 325 g/mol. The largest absolute Gasteiger partial charge is 0.316 e. The monoisotopic (exact) mass is 337 g/mol. The van der Waals surface area contributed by atoms with Gasteiger partial charge in [-0.1, -0.05) is 11.6 Å². The molecule has 2 N–H and O–H groups in total. The molecule has 0 atom stereocenters. The van der Waals surface area contributed by atoms with Crippen molar-refractivity contribution in [2.24, 2.45) is 5.10 Å². The summed E-state index contributed by atoms with van der Waals surface area (Å²) in [5.41, 5.74) is 5.15. The molecule has 0 aromatic heterocycles. The molecule has 1 aliphatic heterocycles. The van der Waals surface area contributed by atoms with Crippen LogP contribution in [0.15, 0.2) is 27.8 Å². The molecule has 3 nitrogen and oxygen atoms in total. The Bertz CT molecular complexity index is 402. The van der Waals surface area contributed by atoms with Gasteiger partial charge in [-0.25, -0.2) is 0 Å². The third-order valence-corrected chi connectivity index (χ3v) is 3.37. The maximum atomic E-state index is 5.92. The Morgan fingerprint density at radius 2 is 2.00 bits per heavy atom. The van der Waals surface area contributed by atoms with E-state index in [9.17, 15) is 0 Å². The van der Waals surface area contributed by atoms with Crippen molar-refractivity contribution >= 4 is 51.3 Å². The molecule has 0 radical (unpaired) electrons. The van der Waals surface area contributed by atoms with E-state index in [1.165, 1.54) is 5.71 Å². The molecule has 1 aliphatic rings. The van der Waals surface area contributed by atoms with Gasteiger partial charge in [0, 0.05) is 41.1 Å². The zero-order valence-electron chi connectivity index (χ0n) is 9.17. The lowest BCUT2D eigenvalue weighted by Gasteiger charge is -2.14. The molecule has 0 bridgehead atoms. The lowest BCUT2D eigenvalue weighted by molar-refractivity contribution is 0.670. The molecule has 1 fully saturated rings. The lowest BCUT2D eigenvalue weighted by atomic mass is 10.1. The van der Waals surface area contributed by atoms with Crippen LogP contribution >= 0.6 is 39.9 Å². The number of benzene rings is 1. The van der Waals surface area contributed by atoms with Gasteiger partial charge in [0.25, 0.3) is 0 Å². The van der Waals surface area contributed by atoms with Gasteiger partial charge in [0.15, 0.2) is 0 Å². The first-order chi connectivity index (χ1) is 7.75. The van der Waals surface area contributed by atoms with Crippen LogP contribution in [0.4, 0.5) is 5.69 Å². The fourth-order valence-electron chi connectivity index (χ4n) is 1.55. The Labute approximate surface area is 121 Å². The van der Waals surface area contributed by atoms with Crippen LogP contribution in [-0.2, 0) is 0 Å². The summed E-state index contributed by atoms with van der Waals surface area (Å²) in [6, 6.07) is 5.61.